The Bertz CT molecular complexity index is 727. The van der Waals surface area contributed by atoms with Gasteiger partial charge in [-0.1, -0.05) is 0 Å². The first kappa shape index (κ1) is 15.2. The van der Waals surface area contributed by atoms with E-state index in [0.29, 0.717) is 22.9 Å². The molecule has 0 aliphatic heterocycles. The molecule has 0 spiro atoms. The minimum Gasteiger partial charge on any atom is -0.493 e. The highest BCUT2D eigenvalue weighted by atomic mass is 32.2. The van der Waals surface area contributed by atoms with Gasteiger partial charge < -0.3 is 9.47 Å². The van der Waals surface area contributed by atoms with Crippen molar-refractivity contribution < 1.29 is 17.9 Å². The van der Waals surface area contributed by atoms with Crippen LogP contribution in [0.1, 0.15) is 0 Å². The highest BCUT2D eigenvalue weighted by Crippen LogP contribution is 2.30. The Morgan fingerprint density at radius 1 is 1.19 bits per heavy atom. The summed E-state index contributed by atoms with van der Waals surface area (Å²) in [5, 5.41) is 11.9. The van der Waals surface area contributed by atoms with Gasteiger partial charge in [0.1, 0.15) is 9.84 Å². The highest BCUT2D eigenvalue weighted by Gasteiger charge is 2.11. The van der Waals surface area contributed by atoms with E-state index in [1.165, 1.54) is 18.2 Å². The Balaban J connectivity index is 2.21. The summed E-state index contributed by atoms with van der Waals surface area (Å²) in [4.78, 5) is 1.26. The lowest BCUT2D eigenvalue weighted by molar-refractivity contribution is 0.355. The number of benzene rings is 1. The van der Waals surface area contributed by atoms with Crippen LogP contribution in [0.15, 0.2) is 18.2 Å². The Hall–Kier alpha value is -2.16. The van der Waals surface area contributed by atoms with Crippen molar-refractivity contribution in [2.24, 2.45) is 0 Å². The zero-order valence-corrected chi connectivity index (χ0v) is 12.8. The Morgan fingerprint density at radius 2 is 1.90 bits per heavy atom. The quantitative estimate of drug-likeness (QED) is 0.761. The highest BCUT2D eigenvalue weighted by molar-refractivity contribution is 7.90. The van der Waals surface area contributed by atoms with Gasteiger partial charge in [-0.25, -0.2) is 8.42 Å². The lowest BCUT2D eigenvalue weighted by Gasteiger charge is -2.07. The summed E-state index contributed by atoms with van der Waals surface area (Å²) in [6, 6.07) is 5.25. The van der Waals surface area contributed by atoms with Gasteiger partial charge in [0.05, 0.1) is 26.5 Å². The van der Waals surface area contributed by atoms with Crippen LogP contribution < -0.4 is 9.47 Å². The van der Waals surface area contributed by atoms with Crippen LogP contribution >= 0.6 is 0 Å². The van der Waals surface area contributed by atoms with Gasteiger partial charge >= 0.3 is 0 Å². The van der Waals surface area contributed by atoms with E-state index in [1.54, 1.807) is 25.3 Å². The summed E-state index contributed by atoms with van der Waals surface area (Å²) in [7, 11) is 0.0300. The number of aryl methyl sites for hydroxylation is 1. The van der Waals surface area contributed by atoms with E-state index in [9.17, 15) is 8.42 Å². The number of tetrazole rings is 1. The first-order valence-corrected chi connectivity index (χ1v) is 8.17. The molecule has 0 N–H and O–H groups in total. The van der Waals surface area contributed by atoms with Crippen LogP contribution in [0.25, 0.3) is 11.4 Å². The number of rotatable bonds is 6. The number of methoxy groups -OCH3 is 2. The van der Waals surface area contributed by atoms with Crippen molar-refractivity contribution in [2.45, 2.75) is 6.54 Å². The van der Waals surface area contributed by atoms with Crippen molar-refractivity contribution in [3.05, 3.63) is 18.2 Å². The molecule has 114 valence electrons. The van der Waals surface area contributed by atoms with Crippen LogP contribution in [0, 0.1) is 0 Å². The molecule has 21 heavy (non-hydrogen) atoms. The number of ether oxygens (including phenoxy) is 2. The number of aromatic nitrogens is 4. The van der Waals surface area contributed by atoms with Crippen molar-refractivity contribution in [1.82, 2.24) is 20.2 Å². The number of nitrogens with zero attached hydrogens (tertiary/aromatic N) is 4. The van der Waals surface area contributed by atoms with Crippen molar-refractivity contribution in [3.8, 4) is 22.9 Å². The summed E-state index contributed by atoms with van der Waals surface area (Å²) >= 11 is 0. The standard InChI is InChI=1S/C12H16N4O4S/c1-19-10-5-4-9(8-11(10)20-2)12-13-15-16(14-12)6-7-21(3,17)18/h4-5,8H,6-7H2,1-3H3. The molecule has 0 bridgehead atoms. The van der Waals surface area contributed by atoms with Crippen LogP contribution in [0.5, 0.6) is 11.5 Å². The molecule has 1 heterocycles. The van der Waals surface area contributed by atoms with Gasteiger partial charge in [-0.2, -0.15) is 4.80 Å². The SMILES string of the molecule is COc1ccc(-c2nnn(CCS(C)(=O)=O)n2)cc1OC. The predicted molar refractivity (Wildman–Crippen MR) is 76.1 cm³/mol. The predicted octanol–water partition coefficient (Wildman–Crippen LogP) is 0.402. The molecule has 2 rings (SSSR count). The summed E-state index contributed by atoms with van der Waals surface area (Å²) in [5.74, 6) is 1.52. The minimum absolute atomic E-state index is 0.0330. The second-order valence-electron chi connectivity index (χ2n) is 4.41. The number of hydrogen-bond acceptors (Lipinski definition) is 7. The molecule has 0 saturated carbocycles. The summed E-state index contributed by atoms with van der Waals surface area (Å²) in [6.07, 6.45) is 1.17. The largest absolute Gasteiger partial charge is 0.493 e. The topological polar surface area (TPSA) is 96.2 Å². The maximum atomic E-state index is 11.1. The monoisotopic (exact) mass is 312 g/mol. The van der Waals surface area contributed by atoms with E-state index in [4.69, 9.17) is 9.47 Å². The minimum atomic E-state index is -3.06. The molecule has 2 aromatic rings. The smallest absolute Gasteiger partial charge is 0.205 e. The van der Waals surface area contributed by atoms with Gasteiger partial charge in [-0.15, -0.1) is 10.2 Å². The van der Waals surface area contributed by atoms with Crippen LogP contribution in [-0.2, 0) is 16.4 Å². The van der Waals surface area contributed by atoms with Crippen LogP contribution in [0.3, 0.4) is 0 Å². The first-order valence-electron chi connectivity index (χ1n) is 6.11. The van der Waals surface area contributed by atoms with E-state index in [2.05, 4.69) is 15.4 Å². The van der Waals surface area contributed by atoms with Gasteiger partial charge in [0.25, 0.3) is 0 Å². The third-order valence-electron chi connectivity index (χ3n) is 2.76. The summed E-state index contributed by atoms with van der Waals surface area (Å²) in [6.45, 7) is 0.166. The molecule has 0 aliphatic carbocycles. The van der Waals surface area contributed by atoms with Gasteiger partial charge in [0, 0.05) is 11.8 Å². The van der Waals surface area contributed by atoms with Crippen LogP contribution in [0.2, 0.25) is 0 Å². The van der Waals surface area contributed by atoms with Crippen LogP contribution in [0.4, 0.5) is 0 Å². The molecular weight excluding hydrogens is 296 g/mol. The Kier molecular flexibility index (Phi) is 4.41. The summed E-state index contributed by atoms with van der Waals surface area (Å²) < 4.78 is 32.6. The molecule has 0 fully saturated rings. The molecular formula is C12H16N4O4S. The van der Waals surface area contributed by atoms with Crippen LogP contribution in [-0.4, -0.2) is 54.9 Å². The zero-order chi connectivity index (χ0) is 15.5. The third kappa shape index (κ3) is 3.91. The second kappa shape index (κ2) is 6.08. The Labute approximate surface area is 122 Å². The zero-order valence-electron chi connectivity index (χ0n) is 12.0. The molecule has 0 saturated heterocycles. The molecule has 0 aliphatic rings. The molecule has 9 heteroatoms. The molecule has 0 unspecified atom stereocenters. The average molecular weight is 312 g/mol. The van der Waals surface area contributed by atoms with E-state index in [-0.39, 0.29) is 12.3 Å². The maximum absolute atomic E-state index is 11.1. The van der Waals surface area contributed by atoms with E-state index in [1.807, 2.05) is 0 Å². The normalized spacial score (nSPS) is 11.4. The maximum Gasteiger partial charge on any atom is 0.205 e. The van der Waals surface area contributed by atoms with Crippen molar-refractivity contribution in [1.29, 1.82) is 0 Å². The fourth-order valence-corrected chi connectivity index (χ4v) is 2.17. The number of hydrogen-bond donors (Lipinski definition) is 0. The number of sulfone groups is 1. The summed E-state index contributed by atoms with van der Waals surface area (Å²) in [5.41, 5.74) is 0.707. The van der Waals surface area contributed by atoms with Crippen molar-refractivity contribution >= 4 is 9.84 Å². The van der Waals surface area contributed by atoms with E-state index in [0.717, 1.165) is 0 Å². The van der Waals surface area contributed by atoms with Gasteiger partial charge in [0.15, 0.2) is 11.5 Å². The first-order chi connectivity index (χ1) is 9.93. The molecule has 0 amide bonds. The van der Waals surface area contributed by atoms with E-state index >= 15 is 0 Å². The third-order valence-corrected chi connectivity index (χ3v) is 3.68. The molecule has 0 atom stereocenters. The Morgan fingerprint density at radius 3 is 2.52 bits per heavy atom. The molecule has 1 aromatic carbocycles. The second-order valence-corrected chi connectivity index (χ2v) is 6.67. The molecule has 1 aromatic heterocycles. The lowest BCUT2D eigenvalue weighted by Crippen LogP contribution is -2.13. The van der Waals surface area contributed by atoms with Gasteiger partial charge in [-0.3, -0.25) is 0 Å². The van der Waals surface area contributed by atoms with Gasteiger partial charge in [0.2, 0.25) is 5.82 Å². The fraction of sp³-hybridized carbons (Fsp3) is 0.417. The van der Waals surface area contributed by atoms with E-state index < -0.39 is 9.84 Å². The van der Waals surface area contributed by atoms with Crippen molar-refractivity contribution in [2.75, 3.05) is 26.2 Å². The lowest BCUT2D eigenvalue weighted by atomic mass is 10.2. The average Bonchev–Trinajstić information content (AvgIpc) is 2.92. The van der Waals surface area contributed by atoms with Crippen molar-refractivity contribution in [3.63, 3.8) is 0 Å². The molecule has 0 radical (unpaired) electrons. The van der Waals surface area contributed by atoms with Gasteiger partial charge in [-0.05, 0) is 23.4 Å². The fourth-order valence-electron chi connectivity index (χ4n) is 1.68. The molecule has 8 nitrogen and oxygen atoms in total.